The first-order valence-corrected chi connectivity index (χ1v) is 9.16. The zero-order valence-corrected chi connectivity index (χ0v) is 13.0. The summed E-state index contributed by atoms with van der Waals surface area (Å²) in [6.45, 7) is 0.297. The molecule has 21 heavy (non-hydrogen) atoms. The van der Waals surface area contributed by atoms with Gasteiger partial charge in [-0.1, -0.05) is 0 Å². The lowest BCUT2D eigenvalue weighted by atomic mass is 9.82. The fraction of sp³-hybridized carbons (Fsp3) is 0.500. The van der Waals surface area contributed by atoms with Crippen molar-refractivity contribution in [3.8, 4) is 0 Å². The summed E-state index contributed by atoms with van der Waals surface area (Å²) >= 11 is 0. The third kappa shape index (κ3) is 4.00. The summed E-state index contributed by atoms with van der Waals surface area (Å²) in [5, 5.41) is 0. The van der Waals surface area contributed by atoms with Crippen LogP contribution in [-0.4, -0.2) is 36.6 Å². The SMILES string of the molecule is COC1CC(CNS(=O)(=O)c2ccc(S(=O)(=O)F)cc2)C1. The Morgan fingerprint density at radius 2 is 1.67 bits per heavy atom. The van der Waals surface area contributed by atoms with Crippen LogP contribution in [0.2, 0.25) is 0 Å². The van der Waals surface area contributed by atoms with Gasteiger partial charge in [-0.15, -0.1) is 3.89 Å². The average molecular weight is 337 g/mol. The van der Waals surface area contributed by atoms with E-state index >= 15 is 0 Å². The van der Waals surface area contributed by atoms with Gasteiger partial charge in [-0.05, 0) is 43.0 Å². The predicted molar refractivity (Wildman–Crippen MR) is 73.4 cm³/mol. The van der Waals surface area contributed by atoms with E-state index in [9.17, 15) is 20.7 Å². The van der Waals surface area contributed by atoms with Crippen molar-refractivity contribution in [2.45, 2.75) is 28.7 Å². The highest BCUT2D eigenvalue weighted by Gasteiger charge is 2.30. The molecule has 0 saturated heterocycles. The molecule has 0 spiro atoms. The van der Waals surface area contributed by atoms with E-state index < -0.39 is 25.1 Å². The smallest absolute Gasteiger partial charge is 0.332 e. The van der Waals surface area contributed by atoms with Crippen molar-refractivity contribution in [1.29, 1.82) is 0 Å². The maximum absolute atomic E-state index is 12.7. The first-order chi connectivity index (χ1) is 9.72. The van der Waals surface area contributed by atoms with Crippen molar-refractivity contribution in [2.24, 2.45) is 5.92 Å². The van der Waals surface area contributed by atoms with Gasteiger partial charge in [-0.2, -0.15) is 8.42 Å². The van der Waals surface area contributed by atoms with Crippen molar-refractivity contribution in [3.05, 3.63) is 24.3 Å². The molecule has 1 aromatic rings. The molecule has 0 radical (unpaired) electrons. The highest BCUT2D eigenvalue weighted by molar-refractivity contribution is 7.89. The molecule has 0 aliphatic heterocycles. The van der Waals surface area contributed by atoms with Crippen LogP contribution >= 0.6 is 0 Å². The second-order valence-corrected chi connectivity index (χ2v) is 8.07. The molecule has 2 rings (SSSR count). The molecule has 0 amide bonds. The number of hydrogen-bond acceptors (Lipinski definition) is 5. The Bertz CT molecular complexity index is 694. The molecule has 1 aliphatic rings. The molecule has 0 atom stereocenters. The van der Waals surface area contributed by atoms with E-state index in [2.05, 4.69) is 4.72 Å². The molecule has 1 fully saturated rings. The Morgan fingerprint density at radius 3 is 2.14 bits per heavy atom. The van der Waals surface area contributed by atoms with Gasteiger partial charge in [0.25, 0.3) is 0 Å². The zero-order valence-electron chi connectivity index (χ0n) is 11.3. The first-order valence-electron chi connectivity index (χ1n) is 6.29. The number of methoxy groups -OCH3 is 1. The third-order valence-electron chi connectivity index (χ3n) is 3.50. The van der Waals surface area contributed by atoms with Gasteiger partial charge in [0, 0.05) is 13.7 Å². The molecule has 1 aliphatic carbocycles. The van der Waals surface area contributed by atoms with Crippen LogP contribution in [0.15, 0.2) is 34.1 Å². The van der Waals surface area contributed by atoms with Gasteiger partial charge in [-0.3, -0.25) is 0 Å². The topological polar surface area (TPSA) is 89.5 Å². The van der Waals surface area contributed by atoms with Crippen LogP contribution in [0.3, 0.4) is 0 Å². The molecule has 0 unspecified atom stereocenters. The van der Waals surface area contributed by atoms with Crippen molar-refractivity contribution < 1.29 is 25.5 Å². The normalized spacial score (nSPS) is 22.8. The van der Waals surface area contributed by atoms with Crippen LogP contribution in [0.5, 0.6) is 0 Å². The van der Waals surface area contributed by atoms with Crippen LogP contribution in [0, 0.1) is 5.92 Å². The fourth-order valence-electron chi connectivity index (χ4n) is 2.13. The van der Waals surface area contributed by atoms with Crippen LogP contribution in [-0.2, 0) is 25.0 Å². The Balaban J connectivity index is 2.00. The number of ether oxygens (including phenoxy) is 1. The minimum Gasteiger partial charge on any atom is -0.381 e. The highest BCUT2D eigenvalue weighted by atomic mass is 32.3. The molecule has 0 aromatic heterocycles. The molecular weight excluding hydrogens is 321 g/mol. The summed E-state index contributed by atoms with van der Waals surface area (Å²) in [7, 11) is -6.93. The minimum atomic E-state index is -4.82. The highest BCUT2D eigenvalue weighted by Crippen LogP contribution is 2.29. The average Bonchev–Trinajstić information content (AvgIpc) is 2.36. The van der Waals surface area contributed by atoms with Crippen molar-refractivity contribution in [3.63, 3.8) is 0 Å². The number of halogens is 1. The van der Waals surface area contributed by atoms with Crippen molar-refractivity contribution in [2.75, 3.05) is 13.7 Å². The van der Waals surface area contributed by atoms with Crippen LogP contribution < -0.4 is 4.72 Å². The molecule has 1 N–H and O–H groups in total. The van der Waals surface area contributed by atoms with E-state index in [0.29, 0.717) is 6.54 Å². The van der Waals surface area contributed by atoms with Crippen LogP contribution in [0.4, 0.5) is 3.89 Å². The van der Waals surface area contributed by atoms with Crippen LogP contribution in [0.1, 0.15) is 12.8 Å². The van der Waals surface area contributed by atoms with Gasteiger partial charge in [0.2, 0.25) is 10.0 Å². The Morgan fingerprint density at radius 1 is 1.14 bits per heavy atom. The van der Waals surface area contributed by atoms with Crippen molar-refractivity contribution in [1.82, 2.24) is 4.72 Å². The lowest BCUT2D eigenvalue weighted by Gasteiger charge is -2.34. The van der Waals surface area contributed by atoms with Gasteiger partial charge in [0.1, 0.15) is 0 Å². The molecule has 9 heteroatoms. The number of rotatable bonds is 6. The minimum absolute atomic E-state index is 0.0995. The lowest BCUT2D eigenvalue weighted by molar-refractivity contribution is 0.00319. The van der Waals surface area contributed by atoms with E-state index in [4.69, 9.17) is 4.74 Å². The standard InChI is InChI=1S/C12H16FNO5S2/c1-19-10-6-9(7-10)8-14-21(17,18)12-4-2-11(3-5-12)20(13,15)16/h2-5,9-10,14H,6-8H2,1H3. The number of nitrogens with one attached hydrogen (secondary N) is 1. The first kappa shape index (κ1) is 16.3. The molecule has 1 aromatic carbocycles. The monoisotopic (exact) mass is 337 g/mol. The van der Waals surface area contributed by atoms with Gasteiger partial charge in [0.15, 0.2) is 0 Å². The number of sulfonamides is 1. The summed E-state index contributed by atoms with van der Waals surface area (Å²) in [5.41, 5.74) is 0. The van der Waals surface area contributed by atoms with E-state index in [-0.39, 0.29) is 16.9 Å². The zero-order chi connectivity index (χ0) is 15.7. The largest absolute Gasteiger partial charge is 0.381 e. The maximum Gasteiger partial charge on any atom is 0.332 e. The van der Waals surface area contributed by atoms with Gasteiger partial charge in [-0.25, -0.2) is 13.1 Å². The predicted octanol–water partition coefficient (Wildman–Crippen LogP) is 1.05. The lowest BCUT2D eigenvalue weighted by Crippen LogP contribution is -2.39. The Hall–Kier alpha value is -1.03. The van der Waals surface area contributed by atoms with Crippen molar-refractivity contribution >= 4 is 20.2 Å². The molecule has 6 nitrogen and oxygen atoms in total. The number of benzene rings is 1. The van der Waals surface area contributed by atoms with E-state index in [0.717, 1.165) is 37.1 Å². The van der Waals surface area contributed by atoms with Gasteiger partial charge in [0.05, 0.1) is 15.9 Å². The molecule has 0 bridgehead atoms. The van der Waals surface area contributed by atoms with E-state index in [1.807, 2.05) is 0 Å². The Kier molecular flexibility index (Phi) is 4.66. The molecule has 118 valence electrons. The van der Waals surface area contributed by atoms with Gasteiger partial charge >= 0.3 is 10.2 Å². The summed E-state index contributed by atoms with van der Waals surface area (Å²) < 4.78 is 65.6. The maximum atomic E-state index is 12.7. The summed E-state index contributed by atoms with van der Waals surface area (Å²) in [4.78, 5) is -0.666. The fourth-order valence-corrected chi connectivity index (χ4v) is 3.70. The third-order valence-corrected chi connectivity index (χ3v) is 5.78. The quantitative estimate of drug-likeness (QED) is 0.784. The van der Waals surface area contributed by atoms with E-state index in [1.54, 1.807) is 7.11 Å². The molecule has 1 saturated carbocycles. The summed E-state index contributed by atoms with van der Waals surface area (Å²) in [6.07, 6.45) is 1.80. The summed E-state index contributed by atoms with van der Waals surface area (Å²) in [6, 6.07) is 3.98. The Labute approximate surface area is 123 Å². The van der Waals surface area contributed by atoms with E-state index in [1.165, 1.54) is 0 Å². The second kappa shape index (κ2) is 5.99. The second-order valence-electron chi connectivity index (χ2n) is 4.96. The van der Waals surface area contributed by atoms with Gasteiger partial charge < -0.3 is 4.74 Å². The molecule has 0 heterocycles. The number of hydrogen-bond donors (Lipinski definition) is 1. The van der Waals surface area contributed by atoms with Crippen LogP contribution in [0.25, 0.3) is 0 Å². The molecular formula is C12H16FNO5S2. The summed E-state index contributed by atoms with van der Waals surface area (Å²) in [5.74, 6) is 0.232.